The van der Waals surface area contributed by atoms with Gasteiger partial charge in [0, 0.05) is 23.7 Å². The van der Waals surface area contributed by atoms with Crippen LogP contribution in [0.5, 0.6) is 0 Å². The van der Waals surface area contributed by atoms with Crippen LogP contribution in [0.3, 0.4) is 0 Å². The lowest BCUT2D eigenvalue weighted by Crippen LogP contribution is -2.34. The van der Waals surface area contributed by atoms with Crippen molar-refractivity contribution in [2.24, 2.45) is 0 Å². The topological polar surface area (TPSA) is 57.8 Å². The highest BCUT2D eigenvalue weighted by atomic mass is 16.1. The van der Waals surface area contributed by atoms with E-state index >= 15 is 0 Å². The molecule has 1 aromatic carbocycles. The van der Waals surface area contributed by atoms with Crippen LogP contribution in [0, 0.1) is 13.8 Å². The van der Waals surface area contributed by atoms with E-state index in [-0.39, 0.29) is 11.9 Å². The molecule has 0 bridgehead atoms. The van der Waals surface area contributed by atoms with Crippen molar-refractivity contribution in [3.63, 3.8) is 0 Å². The summed E-state index contributed by atoms with van der Waals surface area (Å²) in [6.07, 6.45) is 0.724. The monoisotopic (exact) mass is 257 g/mol. The summed E-state index contributed by atoms with van der Waals surface area (Å²) >= 11 is 0. The Kier molecular flexibility index (Phi) is 4.00. The average Bonchev–Trinajstić information content (AvgIpc) is 2.75. The number of aromatic nitrogens is 2. The van der Waals surface area contributed by atoms with Crippen LogP contribution in [0.25, 0.3) is 0 Å². The van der Waals surface area contributed by atoms with Crippen molar-refractivity contribution in [2.45, 2.75) is 33.2 Å². The standard InChI is InChI=1S/C15H19N3O/c1-10-4-6-13(7-5-10)15(19)16-11(2)8-14-9-12(3)17-18-14/h4-7,9,11H,8H2,1-3H3,(H,16,19)(H,17,18)/t11-/m1/s1. The van der Waals surface area contributed by atoms with Gasteiger partial charge in [-0.15, -0.1) is 0 Å². The minimum Gasteiger partial charge on any atom is -0.349 e. The fourth-order valence-electron chi connectivity index (χ4n) is 1.96. The van der Waals surface area contributed by atoms with Crippen molar-refractivity contribution in [3.8, 4) is 0 Å². The summed E-state index contributed by atoms with van der Waals surface area (Å²) in [5.74, 6) is -0.0419. The van der Waals surface area contributed by atoms with Gasteiger partial charge in [-0.25, -0.2) is 0 Å². The van der Waals surface area contributed by atoms with Gasteiger partial charge >= 0.3 is 0 Å². The number of hydrogen-bond donors (Lipinski definition) is 2. The van der Waals surface area contributed by atoms with Crippen LogP contribution in [0.15, 0.2) is 30.3 Å². The van der Waals surface area contributed by atoms with Gasteiger partial charge < -0.3 is 5.32 Å². The Labute approximate surface area is 113 Å². The molecule has 0 fully saturated rings. The summed E-state index contributed by atoms with van der Waals surface area (Å²) in [5, 5.41) is 10.1. The number of hydrogen-bond acceptors (Lipinski definition) is 2. The number of benzene rings is 1. The Hall–Kier alpha value is -2.10. The minimum atomic E-state index is -0.0419. The van der Waals surface area contributed by atoms with Crippen molar-refractivity contribution >= 4 is 5.91 Å². The summed E-state index contributed by atoms with van der Waals surface area (Å²) in [7, 11) is 0. The van der Waals surface area contributed by atoms with Gasteiger partial charge in [-0.3, -0.25) is 9.89 Å². The second kappa shape index (κ2) is 5.69. The normalized spacial score (nSPS) is 12.2. The van der Waals surface area contributed by atoms with Gasteiger partial charge in [0.15, 0.2) is 0 Å². The third kappa shape index (κ3) is 3.68. The number of aryl methyl sites for hydroxylation is 2. The maximum absolute atomic E-state index is 12.0. The maximum Gasteiger partial charge on any atom is 0.251 e. The summed E-state index contributed by atoms with van der Waals surface area (Å²) in [5.41, 5.74) is 3.84. The molecule has 4 heteroatoms. The van der Waals surface area contributed by atoms with Gasteiger partial charge in [0.2, 0.25) is 0 Å². The molecule has 2 N–H and O–H groups in total. The maximum atomic E-state index is 12.0. The Balaban J connectivity index is 1.93. The molecule has 2 rings (SSSR count). The molecule has 1 heterocycles. The van der Waals surface area contributed by atoms with E-state index in [9.17, 15) is 4.79 Å². The summed E-state index contributed by atoms with van der Waals surface area (Å²) in [6, 6.07) is 9.62. The van der Waals surface area contributed by atoms with Gasteiger partial charge in [0.1, 0.15) is 0 Å². The van der Waals surface area contributed by atoms with Crippen LogP contribution in [-0.2, 0) is 6.42 Å². The van der Waals surface area contributed by atoms with Crippen LogP contribution in [-0.4, -0.2) is 22.1 Å². The van der Waals surface area contributed by atoms with Gasteiger partial charge in [0.25, 0.3) is 5.91 Å². The molecule has 2 aromatic rings. The molecule has 0 saturated carbocycles. The molecule has 0 radical (unpaired) electrons. The molecular weight excluding hydrogens is 238 g/mol. The van der Waals surface area contributed by atoms with Crippen LogP contribution in [0.1, 0.15) is 34.2 Å². The van der Waals surface area contributed by atoms with Crippen LogP contribution < -0.4 is 5.32 Å². The summed E-state index contributed by atoms with van der Waals surface area (Å²) < 4.78 is 0. The fourth-order valence-corrected chi connectivity index (χ4v) is 1.96. The zero-order valence-corrected chi connectivity index (χ0v) is 11.5. The van der Waals surface area contributed by atoms with E-state index in [2.05, 4.69) is 15.5 Å². The summed E-state index contributed by atoms with van der Waals surface area (Å²) in [6.45, 7) is 5.95. The number of nitrogens with one attached hydrogen (secondary N) is 2. The molecule has 1 atom stereocenters. The average molecular weight is 257 g/mol. The van der Waals surface area contributed by atoms with Crippen LogP contribution >= 0.6 is 0 Å². The summed E-state index contributed by atoms with van der Waals surface area (Å²) in [4.78, 5) is 12.0. The Morgan fingerprint density at radius 3 is 2.58 bits per heavy atom. The van der Waals surface area contributed by atoms with Gasteiger partial charge in [-0.2, -0.15) is 5.10 Å². The minimum absolute atomic E-state index is 0.0419. The fraction of sp³-hybridized carbons (Fsp3) is 0.333. The van der Waals surface area contributed by atoms with E-state index in [0.717, 1.165) is 23.4 Å². The molecule has 4 nitrogen and oxygen atoms in total. The number of carbonyl (C=O) groups is 1. The third-order valence-electron chi connectivity index (χ3n) is 2.97. The lowest BCUT2D eigenvalue weighted by atomic mass is 10.1. The van der Waals surface area contributed by atoms with Crippen molar-refractivity contribution in [1.29, 1.82) is 0 Å². The zero-order valence-electron chi connectivity index (χ0n) is 11.5. The van der Waals surface area contributed by atoms with Crippen molar-refractivity contribution < 1.29 is 4.79 Å². The molecule has 19 heavy (non-hydrogen) atoms. The highest BCUT2D eigenvalue weighted by Gasteiger charge is 2.11. The van der Waals surface area contributed by atoms with Crippen molar-refractivity contribution in [1.82, 2.24) is 15.5 Å². The lowest BCUT2D eigenvalue weighted by Gasteiger charge is -2.12. The first-order valence-electron chi connectivity index (χ1n) is 6.43. The molecule has 0 aliphatic rings. The second-order valence-corrected chi connectivity index (χ2v) is 4.99. The number of amides is 1. The van der Waals surface area contributed by atoms with Crippen molar-refractivity contribution in [3.05, 3.63) is 52.8 Å². The zero-order chi connectivity index (χ0) is 13.8. The largest absolute Gasteiger partial charge is 0.349 e. The lowest BCUT2D eigenvalue weighted by molar-refractivity contribution is 0.0940. The molecular formula is C15H19N3O. The highest BCUT2D eigenvalue weighted by molar-refractivity contribution is 5.94. The molecule has 1 aromatic heterocycles. The second-order valence-electron chi connectivity index (χ2n) is 4.99. The third-order valence-corrected chi connectivity index (χ3v) is 2.97. The molecule has 1 amide bonds. The molecule has 0 saturated heterocycles. The van der Waals surface area contributed by atoms with E-state index in [1.54, 1.807) is 0 Å². The Bertz CT molecular complexity index is 557. The van der Waals surface area contributed by atoms with E-state index in [1.807, 2.05) is 51.1 Å². The highest BCUT2D eigenvalue weighted by Crippen LogP contribution is 2.05. The predicted molar refractivity (Wildman–Crippen MR) is 75.1 cm³/mol. The molecule has 0 unspecified atom stereocenters. The first-order valence-corrected chi connectivity index (χ1v) is 6.43. The van der Waals surface area contributed by atoms with Gasteiger partial charge in [0.05, 0.1) is 5.69 Å². The van der Waals surface area contributed by atoms with Gasteiger partial charge in [-0.05, 0) is 39.0 Å². The Morgan fingerprint density at radius 1 is 1.32 bits per heavy atom. The van der Waals surface area contributed by atoms with Gasteiger partial charge in [-0.1, -0.05) is 17.7 Å². The van der Waals surface area contributed by atoms with E-state index in [0.29, 0.717) is 5.56 Å². The van der Waals surface area contributed by atoms with E-state index in [1.165, 1.54) is 0 Å². The first kappa shape index (κ1) is 13.3. The first-order chi connectivity index (χ1) is 9.04. The van der Waals surface area contributed by atoms with Crippen LogP contribution in [0.4, 0.5) is 0 Å². The molecule has 0 aliphatic carbocycles. The van der Waals surface area contributed by atoms with E-state index in [4.69, 9.17) is 0 Å². The van der Waals surface area contributed by atoms with Crippen LogP contribution in [0.2, 0.25) is 0 Å². The molecule has 0 aliphatic heterocycles. The number of carbonyl (C=O) groups excluding carboxylic acids is 1. The Morgan fingerprint density at radius 2 is 2.00 bits per heavy atom. The number of aromatic amines is 1. The van der Waals surface area contributed by atoms with Crippen molar-refractivity contribution in [2.75, 3.05) is 0 Å². The predicted octanol–water partition coefficient (Wildman–Crippen LogP) is 2.39. The SMILES string of the molecule is Cc1ccc(C(=O)N[C@H](C)Cc2cc(C)[nH]n2)cc1. The number of H-pyrrole nitrogens is 1. The number of rotatable bonds is 4. The molecule has 100 valence electrons. The van der Waals surface area contributed by atoms with E-state index < -0.39 is 0 Å². The number of nitrogens with zero attached hydrogens (tertiary/aromatic N) is 1. The quantitative estimate of drug-likeness (QED) is 0.883. The molecule has 0 spiro atoms. The smallest absolute Gasteiger partial charge is 0.251 e.